The van der Waals surface area contributed by atoms with Gasteiger partial charge in [-0.15, -0.1) is 0 Å². The van der Waals surface area contributed by atoms with Gasteiger partial charge in [0.25, 0.3) is 0 Å². The van der Waals surface area contributed by atoms with Gasteiger partial charge >= 0.3 is 13.1 Å². The monoisotopic (exact) mass is 277 g/mol. The van der Waals surface area contributed by atoms with Gasteiger partial charge in [-0.3, -0.25) is 0 Å². The van der Waals surface area contributed by atoms with E-state index >= 15 is 0 Å². The molecule has 0 spiro atoms. The Bertz CT molecular complexity index is 521. The number of hydrogen-bond donors (Lipinski definition) is 1. The van der Waals surface area contributed by atoms with E-state index < -0.39 is 18.3 Å². The zero-order valence-corrected chi connectivity index (χ0v) is 12.3. The first-order chi connectivity index (χ1) is 9.28. The van der Waals surface area contributed by atoms with Crippen molar-refractivity contribution in [1.82, 2.24) is 15.1 Å². The second kappa shape index (κ2) is 4.33. The lowest BCUT2D eigenvalue weighted by Gasteiger charge is -2.32. The van der Waals surface area contributed by atoms with E-state index in [2.05, 4.69) is 10.4 Å². The smallest absolute Gasteiger partial charge is 0.399 e. The number of aromatic nitrogens is 2. The van der Waals surface area contributed by atoms with E-state index in [1.807, 2.05) is 27.7 Å². The third kappa shape index (κ3) is 2.36. The molecule has 1 saturated heterocycles. The fourth-order valence-corrected chi connectivity index (χ4v) is 2.02. The molecular weight excluding hydrogens is 257 g/mol. The van der Waals surface area contributed by atoms with Crippen molar-refractivity contribution in [2.24, 2.45) is 0 Å². The Balaban J connectivity index is 1.72. The SMILES string of the molecule is CC1(C)OB(c2cnn(C(=O)NC3CC3)c2)OC1(C)C. The maximum absolute atomic E-state index is 11.9. The highest BCUT2D eigenvalue weighted by molar-refractivity contribution is 6.62. The summed E-state index contributed by atoms with van der Waals surface area (Å²) in [5.41, 5.74) is -0.0268. The normalized spacial score (nSPS) is 23.9. The molecule has 3 rings (SSSR count). The molecule has 2 heterocycles. The van der Waals surface area contributed by atoms with Crippen LogP contribution in [0.5, 0.6) is 0 Å². The molecule has 2 fully saturated rings. The van der Waals surface area contributed by atoms with Gasteiger partial charge < -0.3 is 14.6 Å². The van der Waals surface area contributed by atoms with Crippen molar-refractivity contribution >= 4 is 18.6 Å². The number of nitrogens with zero attached hydrogens (tertiary/aromatic N) is 2. The van der Waals surface area contributed by atoms with Crippen molar-refractivity contribution in [1.29, 1.82) is 0 Å². The summed E-state index contributed by atoms with van der Waals surface area (Å²) in [5.74, 6) is 0. The van der Waals surface area contributed by atoms with E-state index in [1.54, 1.807) is 12.4 Å². The van der Waals surface area contributed by atoms with E-state index in [0.29, 0.717) is 6.04 Å². The quantitative estimate of drug-likeness (QED) is 0.816. The van der Waals surface area contributed by atoms with Crippen LogP contribution in [0, 0.1) is 0 Å². The molecule has 0 aromatic carbocycles. The molecular formula is C13H20BN3O3. The molecule has 1 aromatic heterocycles. The van der Waals surface area contributed by atoms with Crippen molar-refractivity contribution < 1.29 is 14.1 Å². The van der Waals surface area contributed by atoms with Crippen LogP contribution >= 0.6 is 0 Å². The zero-order valence-electron chi connectivity index (χ0n) is 12.3. The van der Waals surface area contributed by atoms with Gasteiger partial charge in [0.2, 0.25) is 0 Å². The summed E-state index contributed by atoms with van der Waals surface area (Å²) < 4.78 is 13.2. The van der Waals surface area contributed by atoms with Crippen LogP contribution in [0.3, 0.4) is 0 Å². The van der Waals surface area contributed by atoms with Crippen molar-refractivity contribution in [3.05, 3.63) is 12.4 Å². The molecule has 20 heavy (non-hydrogen) atoms. The van der Waals surface area contributed by atoms with Crippen LogP contribution in [0.1, 0.15) is 40.5 Å². The molecule has 0 atom stereocenters. The van der Waals surface area contributed by atoms with Crippen molar-refractivity contribution in [2.75, 3.05) is 0 Å². The van der Waals surface area contributed by atoms with Gasteiger partial charge in [-0.25, -0.2) is 4.79 Å². The molecule has 2 aliphatic rings. The van der Waals surface area contributed by atoms with Gasteiger partial charge in [0.1, 0.15) is 0 Å². The van der Waals surface area contributed by atoms with E-state index in [4.69, 9.17) is 9.31 Å². The fraction of sp³-hybridized carbons (Fsp3) is 0.692. The lowest BCUT2D eigenvalue weighted by Crippen LogP contribution is -2.41. The average molecular weight is 277 g/mol. The molecule has 0 bridgehead atoms. The highest BCUT2D eigenvalue weighted by Gasteiger charge is 2.52. The summed E-state index contributed by atoms with van der Waals surface area (Å²) in [6.07, 6.45) is 5.39. The summed E-state index contributed by atoms with van der Waals surface area (Å²) >= 11 is 0. The van der Waals surface area contributed by atoms with Crippen LogP contribution < -0.4 is 10.8 Å². The molecule has 6 nitrogen and oxygen atoms in total. The Kier molecular flexibility index (Phi) is 2.95. The predicted molar refractivity (Wildman–Crippen MR) is 74.9 cm³/mol. The van der Waals surface area contributed by atoms with Crippen LogP contribution in [0.4, 0.5) is 4.79 Å². The van der Waals surface area contributed by atoms with Crippen LogP contribution in [0.2, 0.25) is 0 Å². The van der Waals surface area contributed by atoms with Gasteiger partial charge in [-0.1, -0.05) is 0 Å². The highest BCUT2D eigenvalue weighted by Crippen LogP contribution is 2.36. The number of nitrogens with one attached hydrogen (secondary N) is 1. The third-order valence-electron chi connectivity index (χ3n) is 4.24. The number of amides is 1. The Morgan fingerprint density at radius 2 is 1.95 bits per heavy atom. The number of rotatable bonds is 2. The Morgan fingerprint density at radius 3 is 2.50 bits per heavy atom. The molecule has 0 radical (unpaired) electrons. The summed E-state index contributed by atoms with van der Waals surface area (Å²) in [4.78, 5) is 11.9. The molecule has 1 N–H and O–H groups in total. The summed E-state index contributed by atoms with van der Waals surface area (Å²) in [6, 6.07) is 0.113. The van der Waals surface area contributed by atoms with Crippen molar-refractivity contribution in [2.45, 2.75) is 57.8 Å². The zero-order chi connectivity index (χ0) is 14.5. The van der Waals surface area contributed by atoms with Crippen LogP contribution in [0.15, 0.2) is 12.4 Å². The Morgan fingerprint density at radius 1 is 1.35 bits per heavy atom. The topological polar surface area (TPSA) is 65.4 Å². The predicted octanol–water partition coefficient (Wildman–Crippen LogP) is 0.902. The van der Waals surface area contributed by atoms with Crippen molar-refractivity contribution in [3.8, 4) is 0 Å². The Hall–Kier alpha value is -1.34. The molecule has 1 aliphatic heterocycles. The van der Waals surface area contributed by atoms with E-state index in [9.17, 15) is 4.79 Å². The van der Waals surface area contributed by atoms with E-state index in [0.717, 1.165) is 18.3 Å². The summed E-state index contributed by atoms with van der Waals surface area (Å²) in [6.45, 7) is 7.99. The molecule has 1 saturated carbocycles. The lowest BCUT2D eigenvalue weighted by molar-refractivity contribution is 0.00578. The molecule has 7 heteroatoms. The Labute approximate surface area is 119 Å². The van der Waals surface area contributed by atoms with Crippen LogP contribution in [-0.2, 0) is 9.31 Å². The summed E-state index contributed by atoms with van der Waals surface area (Å²) in [5, 5.41) is 6.97. The minimum absolute atomic E-state index is 0.199. The average Bonchev–Trinajstić information content (AvgIpc) is 2.94. The van der Waals surface area contributed by atoms with E-state index in [-0.39, 0.29) is 6.03 Å². The molecule has 0 unspecified atom stereocenters. The van der Waals surface area contributed by atoms with Gasteiger partial charge in [-0.2, -0.15) is 9.78 Å². The van der Waals surface area contributed by atoms with Gasteiger partial charge in [0.05, 0.1) is 11.2 Å². The number of hydrogen-bond acceptors (Lipinski definition) is 4. The second-order valence-electron chi connectivity index (χ2n) is 6.53. The lowest BCUT2D eigenvalue weighted by atomic mass is 9.82. The fourth-order valence-electron chi connectivity index (χ4n) is 2.02. The minimum Gasteiger partial charge on any atom is -0.399 e. The van der Waals surface area contributed by atoms with Gasteiger partial charge in [0, 0.05) is 23.9 Å². The minimum atomic E-state index is -0.484. The standard InChI is InChI=1S/C13H20BN3O3/c1-12(2)13(3,4)20-14(19-12)9-7-15-17(8-9)11(18)16-10-5-6-10/h7-8,10H,5-6H2,1-4H3,(H,16,18). The van der Waals surface area contributed by atoms with Crippen molar-refractivity contribution in [3.63, 3.8) is 0 Å². The van der Waals surface area contributed by atoms with E-state index in [1.165, 1.54) is 4.68 Å². The maximum atomic E-state index is 11.9. The third-order valence-corrected chi connectivity index (χ3v) is 4.24. The van der Waals surface area contributed by atoms with Gasteiger partial charge in [0.15, 0.2) is 0 Å². The molecule has 1 amide bonds. The van der Waals surface area contributed by atoms with Crippen LogP contribution in [0.25, 0.3) is 0 Å². The summed E-state index contributed by atoms with van der Waals surface area (Å²) in [7, 11) is -0.484. The number of carbonyl (C=O) groups is 1. The molecule has 1 aromatic rings. The highest BCUT2D eigenvalue weighted by atomic mass is 16.7. The number of carbonyl (C=O) groups excluding carboxylic acids is 1. The molecule has 108 valence electrons. The first kappa shape index (κ1) is 13.6. The first-order valence-corrected chi connectivity index (χ1v) is 6.99. The molecule has 1 aliphatic carbocycles. The largest absolute Gasteiger partial charge is 0.498 e. The van der Waals surface area contributed by atoms with Gasteiger partial charge in [-0.05, 0) is 40.5 Å². The maximum Gasteiger partial charge on any atom is 0.498 e. The van der Waals surface area contributed by atoms with Crippen LogP contribution in [-0.4, -0.2) is 40.2 Å². The first-order valence-electron chi connectivity index (χ1n) is 6.99. The second-order valence-corrected chi connectivity index (χ2v) is 6.53.